The van der Waals surface area contributed by atoms with Gasteiger partial charge in [-0.1, -0.05) is 0 Å². The minimum absolute atomic E-state index is 0.253. The average Bonchev–Trinajstić information content (AvgIpc) is 2.73. The molecule has 0 N–H and O–H groups in total. The minimum Gasteiger partial charge on any atom is -0.462 e. The number of esters is 2. The highest BCUT2D eigenvalue weighted by Gasteiger charge is 2.31. The first kappa shape index (κ1) is 17.6. The maximum atomic E-state index is 12.1. The van der Waals surface area contributed by atoms with E-state index in [2.05, 4.69) is 4.98 Å². The Morgan fingerprint density at radius 1 is 1.14 bits per heavy atom. The zero-order valence-corrected chi connectivity index (χ0v) is 14.0. The second kappa shape index (κ2) is 8.12. The molecule has 0 aliphatic rings. The van der Waals surface area contributed by atoms with Crippen molar-refractivity contribution < 1.29 is 19.1 Å². The van der Waals surface area contributed by atoms with Crippen LogP contribution < -0.4 is 0 Å². The molecule has 0 radical (unpaired) electrons. The summed E-state index contributed by atoms with van der Waals surface area (Å²) in [5.74, 6) is -1.91. The molecule has 0 saturated carbocycles. The number of thiazole rings is 1. The van der Waals surface area contributed by atoms with E-state index in [0.717, 1.165) is 10.6 Å². The van der Waals surface area contributed by atoms with Crippen LogP contribution in [0.4, 0.5) is 0 Å². The van der Waals surface area contributed by atoms with Gasteiger partial charge in [0, 0.05) is 4.88 Å². The Hall–Kier alpha value is -1.43. The Labute approximate surface area is 129 Å². The second-order valence-electron chi connectivity index (χ2n) is 5.42. The molecule has 1 aromatic heterocycles. The van der Waals surface area contributed by atoms with Crippen LogP contribution >= 0.6 is 11.3 Å². The average molecular weight is 313 g/mol. The van der Waals surface area contributed by atoms with Gasteiger partial charge in [0.1, 0.15) is 0 Å². The topological polar surface area (TPSA) is 65.5 Å². The maximum Gasteiger partial charge on any atom is 0.320 e. The van der Waals surface area contributed by atoms with Gasteiger partial charge in [-0.3, -0.25) is 9.59 Å². The van der Waals surface area contributed by atoms with Crippen molar-refractivity contribution in [1.82, 2.24) is 4.98 Å². The molecule has 0 unspecified atom stereocenters. The summed E-state index contributed by atoms with van der Waals surface area (Å²) >= 11 is 1.53. The van der Waals surface area contributed by atoms with E-state index in [-0.39, 0.29) is 12.2 Å². The van der Waals surface area contributed by atoms with E-state index in [0.29, 0.717) is 12.8 Å². The molecule has 0 amide bonds. The predicted octanol–water partition coefficient (Wildman–Crippen LogP) is 2.90. The molecule has 5 nitrogen and oxygen atoms in total. The summed E-state index contributed by atoms with van der Waals surface area (Å²) in [5, 5.41) is 0. The minimum atomic E-state index is -0.878. The third-order valence-electron chi connectivity index (χ3n) is 2.78. The summed E-state index contributed by atoms with van der Waals surface area (Å²) in [5.41, 5.74) is 2.70. The quantitative estimate of drug-likeness (QED) is 0.572. The first-order chi connectivity index (χ1) is 9.81. The van der Waals surface area contributed by atoms with Gasteiger partial charge in [-0.2, -0.15) is 0 Å². The van der Waals surface area contributed by atoms with Crippen LogP contribution in [0.5, 0.6) is 0 Å². The van der Waals surface area contributed by atoms with Gasteiger partial charge in [0.15, 0.2) is 5.92 Å². The van der Waals surface area contributed by atoms with Crippen LogP contribution in [0, 0.1) is 12.8 Å². The number of nitrogens with zero attached hydrogens (tertiary/aromatic N) is 1. The van der Waals surface area contributed by atoms with Crippen LogP contribution in [0.2, 0.25) is 0 Å². The molecule has 0 spiro atoms. The van der Waals surface area contributed by atoms with Crippen molar-refractivity contribution in [2.24, 2.45) is 5.92 Å². The van der Waals surface area contributed by atoms with Crippen LogP contribution in [-0.4, -0.2) is 29.1 Å². The Morgan fingerprint density at radius 3 is 2.05 bits per heavy atom. The zero-order valence-electron chi connectivity index (χ0n) is 13.2. The lowest BCUT2D eigenvalue weighted by molar-refractivity contribution is -0.166. The number of aryl methyl sites for hydroxylation is 2. The largest absolute Gasteiger partial charge is 0.462 e. The summed E-state index contributed by atoms with van der Waals surface area (Å²) in [4.78, 5) is 29.4. The van der Waals surface area contributed by atoms with Crippen molar-refractivity contribution >= 4 is 23.3 Å². The van der Waals surface area contributed by atoms with Gasteiger partial charge in [0.2, 0.25) is 0 Å². The van der Waals surface area contributed by atoms with Crippen LogP contribution in [0.1, 0.15) is 44.7 Å². The highest BCUT2D eigenvalue weighted by atomic mass is 32.1. The Kier molecular flexibility index (Phi) is 6.81. The van der Waals surface area contributed by atoms with E-state index in [1.54, 1.807) is 33.2 Å². The first-order valence-electron chi connectivity index (χ1n) is 7.11. The summed E-state index contributed by atoms with van der Waals surface area (Å²) in [6, 6.07) is 0. The lowest BCUT2D eigenvalue weighted by Crippen LogP contribution is -2.31. The number of hydrogen-bond acceptors (Lipinski definition) is 6. The summed E-state index contributed by atoms with van der Waals surface area (Å²) < 4.78 is 10.3. The van der Waals surface area contributed by atoms with Gasteiger partial charge in [-0.05, 0) is 47.5 Å². The molecule has 21 heavy (non-hydrogen) atoms. The fourth-order valence-electron chi connectivity index (χ4n) is 1.80. The smallest absolute Gasteiger partial charge is 0.320 e. The Bertz CT molecular complexity index is 460. The molecule has 0 fully saturated rings. The van der Waals surface area contributed by atoms with Crippen molar-refractivity contribution in [3.63, 3.8) is 0 Å². The molecule has 0 saturated heterocycles. The number of carbonyl (C=O) groups is 2. The van der Waals surface area contributed by atoms with Gasteiger partial charge in [0.25, 0.3) is 0 Å². The third kappa shape index (κ3) is 5.83. The lowest BCUT2D eigenvalue weighted by Gasteiger charge is -2.18. The Morgan fingerprint density at radius 2 is 1.67 bits per heavy atom. The van der Waals surface area contributed by atoms with Crippen LogP contribution in [0.3, 0.4) is 0 Å². The highest BCUT2D eigenvalue weighted by molar-refractivity contribution is 7.09. The van der Waals surface area contributed by atoms with Gasteiger partial charge < -0.3 is 9.47 Å². The fourth-order valence-corrected chi connectivity index (χ4v) is 2.60. The van der Waals surface area contributed by atoms with Gasteiger partial charge >= 0.3 is 11.9 Å². The standard InChI is InChI=1S/C15H23NO4S/c1-9(2)19-14(17)12(15(18)20-10(3)4)6-7-13-11(5)16-8-21-13/h8-10,12H,6-7H2,1-5H3. The molecule has 118 valence electrons. The predicted molar refractivity (Wildman–Crippen MR) is 81.1 cm³/mol. The molecule has 0 atom stereocenters. The second-order valence-corrected chi connectivity index (χ2v) is 6.36. The van der Waals surface area contributed by atoms with E-state index in [4.69, 9.17) is 9.47 Å². The van der Waals surface area contributed by atoms with Crippen molar-refractivity contribution in [2.75, 3.05) is 0 Å². The molecule has 0 aromatic carbocycles. The van der Waals surface area contributed by atoms with E-state index in [1.807, 2.05) is 6.92 Å². The number of rotatable bonds is 7. The molecule has 1 heterocycles. The van der Waals surface area contributed by atoms with Gasteiger partial charge in [-0.15, -0.1) is 11.3 Å². The van der Waals surface area contributed by atoms with E-state index in [1.165, 1.54) is 11.3 Å². The molecule has 0 bridgehead atoms. The van der Waals surface area contributed by atoms with Gasteiger partial charge in [-0.25, -0.2) is 4.98 Å². The maximum absolute atomic E-state index is 12.1. The normalized spacial score (nSPS) is 11.2. The first-order valence-corrected chi connectivity index (χ1v) is 7.99. The SMILES string of the molecule is Cc1ncsc1CCC(C(=O)OC(C)C)C(=O)OC(C)C. The molecule has 1 rings (SSSR count). The fraction of sp³-hybridized carbons (Fsp3) is 0.667. The molecular formula is C15H23NO4S. The van der Waals surface area contributed by atoms with Crippen molar-refractivity contribution in [1.29, 1.82) is 0 Å². The molecule has 0 aliphatic heterocycles. The number of ether oxygens (including phenoxy) is 2. The van der Waals surface area contributed by atoms with Crippen LogP contribution in [-0.2, 0) is 25.5 Å². The van der Waals surface area contributed by atoms with Crippen LogP contribution in [0.25, 0.3) is 0 Å². The van der Waals surface area contributed by atoms with Crippen LogP contribution in [0.15, 0.2) is 5.51 Å². The zero-order chi connectivity index (χ0) is 16.0. The third-order valence-corrected chi connectivity index (χ3v) is 3.77. The summed E-state index contributed by atoms with van der Waals surface area (Å²) in [6.07, 6.45) is 0.482. The summed E-state index contributed by atoms with van der Waals surface area (Å²) in [7, 11) is 0. The molecule has 0 aliphatic carbocycles. The Balaban J connectivity index is 2.73. The lowest BCUT2D eigenvalue weighted by atomic mass is 10.0. The number of carbonyl (C=O) groups excluding carboxylic acids is 2. The summed E-state index contributed by atoms with van der Waals surface area (Å²) in [6.45, 7) is 8.96. The van der Waals surface area contributed by atoms with E-state index < -0.39 is 17.9 Å². The number of aromatic nitrogens is 1. The molecule has 1 aromatic rings. The monoisotopic (exact) mass is 313 g/mol. The molecule has 6 heteroatoms. The number of hydrogen-bond donors (Lipinski definition) is 0. The van der Waals surface area contributed by atoms with Crippen molar-refractivity contribution in [3.8, 4) is 0 Å². The van der Waals surface area contributed by atoms with E-state index in [9.17, 15) is 9.59 Å². The van der Waals surface area contributed by atoms with Crippen molar-refractivity contribution in [3.05, 3.63) is 16.1 Å². The van der Waals surface area contributed by atoms with Crippen molar-refractivity contribution in [2.45, 2.75) is 59.7 Å². The highest BCUT2D eigenvalue weighted by Crippen LogP contribution is 2.20. The van der Waals surface area contributed by atoms with Gasteiger partial charge in [0.05, 0.1) is 23.4 Å². The van der Waals surface area contributed by atoms with E-state index >= 15 is 0 Å². The molecular weight excluding hydrogens is 290 g/mol.